The molecule has 1 heterocycles. The van der Waals surface area contributed by atoms with Crippen LogP contribution in [0, 0.1) is 5.92 Å². The lowest BCUT2D eigenvalue weighted by molar-refractivity contribution is -0.148. The molecule has 1 aliphatic rings. The monoisotopic (exact) mass is 365 g/mol. The zero-order valence-electron chi connectivity index (χ0n) is 15.4. The zero-order chi connectivity index (χ0) is 18.4. The standard InChI is InChI=1S/C19H27NO4S/c1-5-6-11-24-19(22)16-12-25-18(13(2)3)20(16)17(21)14-7-9-15(23-4)10-8-14/h7-10,13,16,18H,5-6,11-12H2,1-4H3. The molecule has 2 atom stereocenters. The Morgan fingerprint density at radius 1 is 1.28 bits per heavy atom. The van der Waals surface area contributed by atoms with Crippen LogP contribution < -0.4 is 4.74 Å². The number of carbonyl (C=O) groups excluding carboxylic acids is 2. The Bertz CT molecular complexity index is 588. The van der Waals surface area contributed by atoms with E-state index in [4.69, 9.17) is 9.47 Å². The van der Waals surface area contributed by atoms with Crippen molar-refractivity contribution in [2.24, 2.45) is 5.92 Å². The molecule has 138 valence electrons. The Balaban J connectivity index is 2.19. The summed E-state index contributed by atoms with van der Waals surface area (Å²) in [5.41, 5.74) is 0.556. The van der Waals surface area contributed by atoms with Gasteiger partial charge in [0.05, 0.1) is 19.1 Å². The van der Waals surface area contributed by atoms with E-state index < -0.39 is 6.04 Å². The molecule has 5 nitrogen and oxygen atoms in total. The van der Waals surface area contributed by atoms with Crippen LogP contribution in [0.5, 0.6) is 5.75 Å². The quantitative estimate of drug-likeness (QED) is 0.546. The van der Waals surface area contributed by atoms with Crippen molar-refractivity contribution in [3.8, 4) is 5.75 Å². The second-order valence-electron chi connectivity index (χ2n) is 6.45. The minimum Gasteiger partial charge on any atom is -0.497 e. The van der Waals surface area contributed by atoms with E-state index in [9.17, 15) is 9.59 Å². The summed E-state index contributed by atoms with van der Waals surface area (Å²) in [5, 5.41) is -0.0293. The van der Waals surface area contributed by atoms with Gasteiger partial charge in [-0.1, -0.05) is 27.2 Å². The molecule has 1 aromatic carbocycles. The maximum absolute atomic E-state index is 13.1. The van der Waals surface area contributed by atoms with Gasteiger partial charge in [-0.3, -0.25) is 4.79 Å². The lowest BCUT2D eigenvalue weighted by Crippen LogP contribution is -2.47. The van der Waals surface area contributed by atoms with E-state index in [2.05, 4.69) is 13.8 Å². The minimum absolute atomic E-state index is 0.0293. The summed E-state index contributed by atoms with van der Waals surface area (Å²) >= 11 is 1.64. The smallest absolute Gasteiger partial charge is 0.329 e. The van der Waals surface area contributed by atoms with Gasteiger partial charge < -0.3 is 14.4 Å². The van der Waals surface area contributed by atoms with Crippen LogP contribution in [0.25, 0.3) is 0 Å². The van der Waals surface area contributed by atoms with E-state index in [0.29, 0.717) is 23.7 Å². The Morgan fingerprint density at radius 2 is 1.96 bits per heavy atom. The van der Waals surface area contributed by atoms with Crippen LogP contribution in [0.3, 0.4) is 0 Å². The molecule has 0 aliphatic carbocycles. The number of amides is 1. The first-order valence-electron chi connectivity index (χ1n) is 8.74. The molecular formula is C19H27NO4S. The van der Waals surface area contributed by atoms with Crippen LogP contribution in [-0.2, 0) is 9.53 Å². The number of hydrogen-bond donors (Lipinski definition) is 0. The summed E-state index contributed by atoms with van der Waals surface area (Å²) in [7, 11) is 1.59. The van der Waals surface area contributed by atoms with E-state index in [0.717, 1.165) is 12.8 Å². The highest BCUT2D eigenvalue weighted by molar-refractivity contribution is 8.00. The molecule has 25 heavy (non-hydrogen) atoms. The second-order valence-corrected chi connectivity index (χ2v) is 7.60. The SMILES string of the molecule is CCCCOC(=O)C1CSC(C(C)C)N1C(=O)c1ccc(OC)cc1. The van der Waals surface area contributed by atoms with Gasteiger partial charge in [0.2, 0.25) is 0 Å². The summed E-state index contributed by atoms with van der Waals surface area (Å²) in [5.74, 6) is 1.09. The van der Waals surface area contributed by atoms with Gasteiger partial charge in [-0.25, -0.2) is 4.79 Å². The molecule has 0 aromatic heterocycles. The maximum atomic E-state index is 13.1. The van der Waals surface area contributed by atoms with Crippen molar-refractivity contribution >= 4 is 23.6 Å². The highest BCUT2D eigenvalue weighted by Crippen LogP contribution is 2.35. The number of benzene rings is 1. The normalized spacial score (nSPS) is 20.0. The van der Waals surface area contributed by atoms with Gasteiger partial charge >= 0.3 is 5.97 Å². The van der Waals surface area contributed by atoms with Gasteiger partial charge in [0.15, 0.2) is 0 Å². The highest BCUT2D eigenvalue weighted by atomic mass is 32.2. The summed E-state index contributed by atoms with van der Waals surface area (Å²) < 4.78 is 10.5. The molecule has 0 bridgehead atoms. The van der Waals surface area contributed by atoms with Crippen LogP contribution >= 0.6 is 11.8 Å². The highest BCUT2D eigenvalue weighted by Gasteiger charge is 2.43. The molecule has 6 heteroatoms. The third kappa shape index (κ3) is 4.69. The molecule has 1 saturated heterocycles. The number of esters is 1. The van der Waals surface area contributed by atoms with E-state index in [-0.39, 0.29) is 23.2 Å². The van der Waals surface area contributed by atoms with Gasteiger partial charge in [-0.2, -0.15) is 0 Å². The number of carbonyl (C=O) groups is 2. The van der Waals surface area contributed by atoms with E-state index >= 15 is 0 Å². The Morgan fingerprint density at radius 3 is 2.52 bits per heavy atom. The van der Waals surface area contributed by atoms with Gasteiger partial charge in [0.25, 0.3) is 5.91 Å². The third-order valence-electron chi connectivity index (χ3n) is 4.19. The minimum atomic E-state index is -0.524. The van der Waals surface area contributed by atoms with Crippen molar-refractivity contribution in [1.29, 1.82) is 0 Å². The van der Waals surface area contributed by atoms with Crippen LogP contribution in [-0.4, -0.2) is 47.7 Å². The van der Waals surface area contributed by atoms with Gasteiger partial charge in [-0.15, -0.1) is 11.8 Å². The summed E-state index contributed by atoms with van der Waals surface area (Å²) in [6.07, 6.45) is 1.81. The van der Waals surface area contributed by atoms with Crippen molar-refractivity contribution in [3.05, 3.63) is 29.8 Å². The molecule has 1 amide bonds. The molecular weight excluding hydrogens is 338 g/mol. The Labute approximate surface area is 154 Å². The third-order valence-corrected chi connectivity index (χ3v) is 5.81. The molecule has 1 aromatic rings. The van der Waals surface area contributed by atoms with Crippen molar-refractivity contribution in [1.82, 2.24) is 4.90 Å². The number of hydrogen-bond acceptors (Lipinski definition) is 5. The lowest BCUT2D eigenvalue weighted by Gasteiger charge is -2.30. The first-order valence-corrected chi connectivity index (χ1v) is 9.79. The Kier molecular flexibility index (Phi) is 7.17. The lowest BCUT2D eigenvalue weighted by atomic mass is 10.1. The number of thioether (sulfide) groups is 1. The zero-order valence-corrected chi connectivity index (χ0v) is 16.2. The van der Waals surface area contributed by atoms with Crippen LogP contribution in [0.1, 0.15) is 44.0 Å². The molecule has 2 rings (SSSR count). The van der Waals surface area contributed by atoms with Crippen LogP contribution in [0.4, 0.5) is 0 Å². The van der Waals surface area contributed by atoms with Gasteiger partial charge in [-0.05, 0) is 36.6 Å². The van der Waals surface area contributed by atoms with E-state index in [1.165, 1.54) is 0 Å². The molecule has 1 fully saturated rings. The van der Waals surface area contributed by atoms with Gasteiger partial charge in [0, 0.05) is 11.3 Å². The van der Waals surface area contributed by atoms with Crippen LogP contribution in [0.2, 0.25) is 0 Å². The topological polar surface area (TPSA) is 55.8 Å². The van der Waals surface area contributed by atoms with Crippen molar-refractivity contribution in [2.45, 2.75) is 45.0 Å². The first-order chi connectivity index (χ1) is 12.0. The number of unbranched alkanes of at least 4 members (excludes halogenated alkanes) is 1. The van der Waals surface area contributed by atoms with Crippen LogP contribution in [0.15, 0.2) is 24.3 Å². The molecule has 0 spiro atoms. The summed E-state index contributed by atoms with van der Waals surface area (Å²) in [6.45, 7) is 6.59. The van der Waals surface area contributed by atoms with E-state index in [1.807, 2.05) is 6.92 Å². The molecule has 0 N–H and O–H groups in total. The predicted octanol–water partition coefficient (Wildman–Crippen LogP) is 3.58. The fraction of sp³-hybridized carbons (Fsp3) is 0.579. The molecule has 2 unspecified atom stereocenters. The van der Waals surface area contributed by atoms with Gasteiger partial charge in [0.1, 0.15) is 11.8 Å². The molecule has 1 aliphatic heterocycles. The fourth-order valence-corrected chi connectivity index (χ4v) is 4.24. The Hall–Kier alpha value is -1.69. The van der Waals surface area contributed by atoms with Crippen molar-refractivity contribution in [3.63, 3.8) is 0 Å². The maximum Gasteiger partial charge on any atom is 0.329 e. The van der Waals surface area contributed by atoms with Crippen molar-refractivity contribution in [2.75, 3.05) is 19.5 Å². The number of ether oxygens (including phenoxy) is 2. The molecule has 0 saturated carbocycles. The number of methoxy groups -OCH3 is 1. The average Bonchev–Trinajstić information content (AvgIpc) is 3.06. The largest absolute Gasteiger partial charge is 0.497 e. The average molecular weight is 365 g/mol. The fourth-order valence-electron chi connectivity index (χ4n) is 2.78. The molecule has 0 radical (unpaired) electrons. The number of rotatable bonds is 7. The second kappa shape index (κ2) is 9.13. The van der Waals surface area contributed by atoms with E-state index in [1.54, 1.807) is 48.0 Å². The first kappa shape index (κ1) is 19.6. The number of nitrogens with zero attached hydrogens (tertiary/aromatic N) is 1. The summed E-state index contributed by atoms with van der Waals surface area (Å²) in [4.78, 5) is 27.3. The predicted molar refractivity (Wildman–Crippen MR) is 99.9 cm³/mol. The van der Waals surface area contributed by atoms with Crippen molar-refractivity contribution < 1.29 is 19.1 Å². The summed E-state index contributed by atoms with van der Waals surface area (Å²) in [6, 6.07) is 6.47.